The Labute approximate surface area is 194 Å². The molecular formula is C17H16IN5O4S3. The molecule has 2 heterocycles. The highest BCUT2D eigenvalue weighted by molar-refractivity contribution is 14.1. The Kier molecular flexibility index (Phi) is 7.41. The first-order chi connectivity index (χ1) is 14.3. The van der Waals surface area contributed by atoms with E-state index >= 15 is 0 Å². The minimum absolute atomic E-state index is 0.0509. The number of benzene rings is 1. The molecule has 0 saturated heterocycles. The molecule has 1 aromatic carbocycles. The van der Waals surface area contributed by atoms with Crippen LogP contribution in [0, 0.1) is 0 Å². The van der Waals surface area contributed by atoms with E-state index in [1.807, 2.05) is 4.72 Å². The monoisotopic (exact) mass is 577 g/mol. The molecule has 3 rings (SSSR count). The van der Waals surface area contributed by atoms with Crippen molar-refractivity contribution in [1.82, 2.24) is 9.71 Å². The molecule has 0 fully saturated rings. The van der Waals surface area contributed by atoms with E-state index < -0.39 is 16.1 Å². The van der Waals surface area contributed by atoms with Gasteiger partial charge < -0.3 is 11.1 Å². The highest BCUT2D eigenvalue weighted by Gasteiger charge is 2.21. The standard InChI is InChI=1S/C17H16IN5O4S3/c18-7-11-5-6-14(28-11)30(26,27)23-16(25)22-17-20-9-13(29-17)21-15(24)12-4-2-1-3-10(12)8-19/h1-6,9H,7-8,19H2,(H,21,24)(H2,20,22,23,25). The maximum Gasteiger partial charge on any atom is 0.334 e. The summed E-state index contributed by atoms with van der Waals surface area (Å²) in [5, 5.41) is 5.55. The fourth-order valence-electron chi connectivity index (χ4n) is 2.36. The molecule has 0 aliphatic carbocycles. The van der Waals surface area contributed by atoms with Crippen molar-refractivity contribution in [2.24, 2.45) is 5.73 Å². The molecule has 0 saturated carbocycles. The van der Waals surface area contributed by atoms with E-state index in [1.54, 1.807) is 30.3 Å². The Morgan fingerprint density at radius 2 is 1.87 bits per heavy atom. The number of thiazole rings is 1. The summed E-state index contributed by atoms with van der Waals surface area (Å²) in [7, 11) is -3.98. The van der Waals surface area contributed by atoms with Crippen LogP contribution in [0.15, 0.2) is 46.8 Å². The van der Waals surface area contributed by atoms with Gasteiger partial charge in [-0.1, -0.05) is 52.1 Å². The number of carbonyl (C=O) groups is 2. The molecule has 30 heavy (non-hydrogen) atoms. The molecule has 2 aromatic heterocycles. The Bertz CT molecular complexity index is 1180. The van der Waals surface area contributed by atoms with E-state index in [-0.39, 0.29) is 21.8 Å². The quantitative estimate of drug-likeness (QED) is 0.251. The zero-order valence-corrected chi connectivity index (χ0v) is 19.8. The van der Waals surface area contributed by atoms with Crippen LogP contribution in [-0.2, 0) is 21.0 Å². The summed E-state index contributed by atoms with van der Waals surface area (Å²) in [6.07, 6.45) is 1.36. The van der Waals surface area contributed by atoms with Gasteiger partial charge in [-0.3, -0.25) is 10.1 Å². The number of sulfonamides is 1. The predicted octanol–water partition coefficient (Wildman–Crippen LogP) is 3.36. The third kappa shape index (κ3) is 5.54. The molecule has 0 spiro atoms. The number of urea groups is 1. The summed E-state index contributed by atoms with van der Waals surface area (Å²) in [5.41, 5.74) is 6.78. The van der Waals surface area contributed by atoms with Gasteiger partial charge in [-0.2, -0.15) is 0 Å². The molecule has 158 valence electrons. The summed E-state index contributed by atoms with van der Waals surface area (Å²) >= 11 is 4.21. The number of amides is 3. The van der Waals surface area contributed by atoms with E-state index in [0.29, 0.717) is 20.6 Å². The molecule has 3 aromatic rings. The number of alkyl halides is 1. The van der Waals surface area contributed by atoms with E-state index in [9.17, 15) is 18.0 Å². The van der Waals surface area contributed by atoms with Crippen LogP contribution in [0.4, 0.5) is 14.9 Å². The molecule has 0 aliphatic rings. The van der Waals surface area contributed by atoms with Crippen LogP contribution >= 0.6 is 45.3 Å². The highest BCUT2D eigenvalue weighted by atomic mass is 127. The van der Waals surface area contributed by atoms with Gasteiger partial charge in [0.15, 0.2) is 5.13 Å². The van der Waals surface area contributed by atoms with Crippen molar-refractivity contribution in [2.45, 2.75) is 15.2 Å². The lowest BCUT2D eigenvalue weighted by molar-refractivity contribution is 0.102. The lowest BCUT2D eigenvalue weighted by Crippen LogP contribution is -2.33. The average molecular weight is 577 g/mol. The normalized spacial score (nSPS) is 11.1. The van der Waals surface area contributed by atoms with Crippen molar-refractivity contribution < 1.29 is 18.0 Å². The van der Waals surface area contributed by atoms with E-state index in [0.717, 1.165) is 27.6 Å². The number of thiophene rings is 1. The first kappa shape index (κ1) is 22.6. The van der Waals surface area contributed by atoms with Gasteiger partial charge in [0.1, 0.15) is 9.21 Å². The molecule has 0 bridgehead atoms. The number of hydrogen-bond donors (Lipinski definition) is 4. The molecular weight excluding hydrogens is 561 g/mol. The fourth-order valence-corrected chi connectivity index (χ4v) is 5.90. The number of anilines is 2. The zero-order valence-electron chi connectivity index (χ0n) is 15.2. The molecule has 0 aliphatic heterocycles. The minimum Gasteiger partial charge on any atom is -0.326 e. The number of hydrogen-bond acceptors (Lipinski definition) is 8. The van der Waals surface area contributed by atoms with E-state index in [2.05, 4.69) is 38.2 Å². The van der Waals surface area contributed by atoms with Gasteiger partial charge >= 0.3 is 6.03 Å². The number of carbonyl (C=O) groups excluding carboxylic acids is 2. The van der Waals surface area contributed by atoms with Crippen molar-refractivity contribution in [3.8, 4) is 0 Å². The summed E-state index contributed by atoms with van der Waals surface area (Å²) in [6, 6.07) is 9.14. The van der Waals surface area contributed by atoms with Gasteiger partial charge in [-0.05, 0) is 23.8 Å². The lowest BCUT2D eigenvalue weighted by Gasteiger charge is -2.07. The van der Waals surface area contributed by atoms with Crippen LogP contribution in [0.1, 0.15) is 20.8 Å². The van der Waals surface area contributed by atoms with Gasteiger partial charge in [-0.15, -0.1) is 11.3 Å². The summed E-state index contributed by atoms with van der Waals surface area (Å²) in [4.78, 5) is 29.4. The molecule has 13 heteroatoms. The summed E-state index contributed by atoms with van der Waals surface area (Å²) in [5.74, 6) is -0.359. The molecule has 0 atom stereocenters. The third-order valence-corrected chi connectivity index (χ3v) is 8.78. The van der Waals surface area contributed by atoms with Crippen molar-refractivity contribution in [3.05, 3.63) is 58.6 Å². The smallest absolute Gasteiger partial charge is 0.326 e. The Balaban J connectivity index is 1.62. The second kappa shape index (κ2) is 9.82. The number of nitrogens with two attached hydrogens (primary N) is 1. The maximum atomic E-state index is 12.4. The van der Waals surface area contributed by atoms with Crippen molar-refractivity contribution >= 4 is 77.4 Å². The third-order valence-electron chi connectivity index (χ3n) is 3.71. The molecule has 5 N–H and O–H groups in total. The van der Waals surface area contributed by atoms with E-state index in [4.69, 9.17) is 5.73 Å². The van der Waals surface area contributed by atoms with Gasteiger partial charge in [0.2, 0.25) is 0 Å². The van der Waals surface area contributed by atoms with Gasteiger partial charge in [0.25, 0.3) is 15.9 Å². The van der Waals surface area contributed by atoms with Crippen LogP contribution in [-0.4, -0.2) is 25.3 Å². The topological polar surface area (TPSA) is 143 Å². The summed E-state index contributed by atoms with van der Waals surface area (Å²) in [6.45, 7) is 0.220. The molecule has 3 amide bonds. The van der Waals surface area contributed by atoms with Crippen LogP contribution in [0.2, 0.25) is 0 Å². The molecule has 0 unspecified atom stereocenters. The van der Waals surface area contributed by atoms with E-state index in [1.165, 1.54) is 12.3 Å². The predicted molar refractivity (Wildman–Crippen MR) is 126 cm³/mol. The van der Waals surface area contributed by atoms with Crippen LogP contribution < -0.4 is 21.1 Å². The van der Waals surface area contributed by atoms with Crippen LogP contribution in [0.25, 0.3) is 0 Å². The number of aromatic nitrogens is 1. The number of nitrogens with zero attached hydrogens (tertiary/aromatic N) is 1. The largest absolute Gasteiger partial charge is 0.334 e. The minimum atomic E-state index is -3.98. The maximum absolute atomic E-state index is 12.4. The van der Waals surface area contributed by atoms with Gasteiger partial charge in [-0.25, -0.2) is 22.9 Å². The van der Waals surface area contributed by atoms with Crippen LogP contribution in [0.5, 0.6) is 0 Å². The SMILES string of the molecule is NCc1ccccc1C(=O)Nc1cnc(NC(=O)NS(=O)(=O)c2ccc(CI)s2)s1. The number of rotatable bonds is 7. The second-order valence-electron chi connectivity index (χ2n) is 5.76. The Hall–Kier alpha value is -2.07. The van der Waals surface area contributed by atoms with Crippen LogP contribution in [0.3, 0.4) is 0 Å². The fraction of sp³-hybridized carbons (Fsp3) is 0.118. The first-order valence-corrected chi connectivity index (χ1v) is 13.0. The average Bonchev–Trinajstić information content (AvgIpc) is 3.37. The van der Waals surface area contributed by atoms with Crippen molar-refractivity contribution in [2.75, 3.05) is 10.6 Å². The first-order valence-electron chi connectivity index (χ1n) is 8.36. The van der Waals surface area contributed by atoms with Crippen molar-refractivity contribution in [3.63, 3.8) is 0 Å². The zero-order chi connectivity index (χ0) is 21.7. The lowest BCUT2D eigenvalue weighted by atomic mass is 10.1. The Morgan fingerprint density at radius 1 is 1.10 bits per heavy atom. The highest BCUT2D eigenvalue weighted by Crippen LogP contribution is 2.25. The van der Waals surface area contributed by atoms with Crippen molar-refractivity contribution in [1.29, 1.82) is 0 Å². The Morgan fingerprint density at radius 3 is 2.57 bits per heavy atom. The summed E-state index contributed by atoms with van der Waals surface area (Å²) < 4.78 is 27.2. The number of halogens is 1. The van der Waals surface area contributed by atoms with Gasteiger partial charge in [0.05, 0.1) is 6.20 Å². The molecule has 9 nitrogen and oxygen atoms in total. The molecule has 0 radical (unpaired) electrons. The second-order valence-corrected chi connectivity index (χ2v) is 10.6. The number of nitrogens with one attached hydrogen (secondary N) is 3. The van der Waals surface area contributed by atoms with Gasteiger partial charge in [0, 0.05) is 21.4 Å².